The lowest BCUT2D eigenvalue weighted by atomic mass is 10.2. The SMILES string of the molecule is COc1ccc(CN(Cc2ccccn2)Sc2ccc(C(=O)O)cc2)cc1. The molecule has 0 fully saturated rings. The van der Waals surface area contributed by atoms with Crippen molar-refractivity contribution < 1.29 is 14.6 Å². The number of aromatic nitrogens is 1. The molecule has 0 aliphatic rings. The van der Waals surface area contributed by atoms with Gasteiger partial charge in [-0.2, -0.15) is 0 Å². The van der Waals surface area contributed by atoms with Gasteiger partial charge in [-0.05, 0) is 66.0 Å². The Kier molecular flexibility index (Phi) is 6.46. The summed E-state index contributed by atoms with van der Waals surface area (Å²) in [6.07, 6.45) is 1.78. The number of carboxylic acid groups (broad SMARTS) is 1. The molecule has 6 heteroatoms. The average molecular weight is 380 g/mol. The van der Waals surface area contributed by atoms with Crippen molar-refractivity contribution in [1.82, 2.24) is 9.29 Å². The normalized spacial score (nSPS) is 10.7. The minimum Gasteiger partial charge on any atom is -0.497 e. The maximum atomic E-state index is 11.0. The molecule has 138 valence electrons. The van der Waals surface area contributed by atoms with Gasteiger partial charge in [0.2, 0.25) is 0 Å². The van der Waals surface area contributed by atoms with Gasteiger partial charge in [-0.1, -0.05) is 18.2 Å². The van der Waals surface area contributed by atoms with Crippen molar-refractivity contribution in [1.29, 1.82) is 0 Å². The van der Waals surface area contributed by atoms with Crippen LogP contribution in [0.25, 0.3) is 0 Å². The molecule has 1 aromatic heterocycles. The number of hydrogen-bond donors (Lipinski definition) is 1. The lowest BCUT2D eigenvalue weighted by Gasteiger charge is -2.21. The summed E-state index contributed by atoms with van der Waals surface area (Å²) in [7, 11) is 1.65. The van der Waals surface area contributed by atoms with Gasteiger partial charge >= 0.3 is 5.97 Å². The number of nitrogens with zero attached hydrogens (tertiary/aromatic N) is 2. The number of hydrogen-bond acceptors (Lipinski definition) is 5. The van der Waals surface area contributed by atoms with Crippen LogP contribution in [0, 0.1) is 0 Å². The van der Waals surface area contributed by atoms with Gasteiger partial charge in [0.1, 0.15) is 5.75 Å². The molecular formula is C21H20N2O3S. The molecule has 3 rings (SSSR count). The second-order valence-corrected chi connectivity index (χ2v) is 7.06. The molecule has 1 N–H and O–H groups in total. The number of methoxy groups -OCH3 is 1. The fraction of sp³-hybridized carbons (Fsp3) is 0.143. The Bertz CT molecular complexity index is 868. The first kappa shape index (κ1) is 18.9. The van der Waals surface area contributed by atoms with Crippen LogP contribution in [0.2, 0.25) is 0 Å². The van der Waals surface area contributed by atoms with Gasteiger partial charge in [-0.3, -0.25) is 4.98 Å². The summed E-state index contributed by atoms with van der Waals surface area (Å²) in [5, 5.41) is 9.05. The van der Waals surface area contributed by atoms with Crippen LogP contribution in [0.1, 0.15) is 21.6 Å². The first-order valence-electron chi connectivity index (χ1n) is 8.43. The van der Waals surface area contributed by atoms with Crippen LogP contribution >= 0.6 is 11.9 Å². The Morgan fingerprint density at radius 2 is 1.78 bits per heavy atom. The molecule has 1 heterocycles. The number of pyridine rings is 1. The maximum Gasteiger partial charge on any atom is 0.335 e. The van der Waals surface area contributed by atoms with Crippen LogP contribution in [0.15, 0.2) is 77.8 Å². The van der Waals surface area contributed by atoms with Crippen LogP contribution in [-0.4, -0.2) is 27.5 Å². The van der Waals surface area contributed by atoms with Crippen LogP contribution < -0.4 is 4.74 Å². The molecule has 0 bridgehead atoms. The van der Waals surface area contributed by atoms with Crippen molar-refractivity contribution in [2.75, 3.05) is 7.11 Å². The number of benzene rings is 2. The zero-order chi connectivity index (χ0) is 19.1. The monoisotopic (exact) mass is 380 g/mol. The highest BCUT2D eigenvalue weighted by molar-refractivity contribution is 7.97. The molecule has 0 radical (unpaired) electrons. The fourth-order valence-electron chi connectivity index (χ4n) is 2.53. The van der Waals surface area contributed by atoms with Gasteiger partial charge in [0.15, 0.2) is 0 Å². The molecule has 27 heavy (non-hydrogen) atoms. The summed E-state index contributed by atoms with van der Waals surface area (Å²) in [4.78, 5) is 16.4. The zero-order valence-corrected chi connectivity index (χ0v) is 15.7. The lowest BCUT2D eigenvalue weighted by Crippen LogP contribution is -2.15. The van der Waals surface area contributed by atoms with E-state index < -0.39 is 5.97 Å². The summed E-state index contributed by atoms with van der Waals surface area (Å²) in [6.45, 7) is 1.38. The number of ether oxygens (including phenoxy) is 1. The summed E-state index contributed by atoms with van der Waals surface area (Å²) in [5.41, 5.74) is 2.41. The maximum absolute atomic E-state index is 11.0. The molecule has 0 aliphatic heterocycles. The minimum absolute atomic E-state index is 0.283. The first-order valence-corrected chi connectivity index (χ1v) is 9.20. The van der Waals surface area contributed by atoms with E-state index in [1.165, 1.54) is 0 Å². The van der Waals surface area contributed by atoms with Crippen LogP contribution in [0.5, 0.6) is 5.75 Å². The Morgan fingerprint density at radius 3 is 2.37 bits per heavy atom. The van der Waals surface area contributed by atoms with Crippen molar-refractivity contribution in [3.63, 3.8) is 0 Å². The van der Waals surface area contributed by atoms with E-state index >= 15 is 0 Å². The van der Waals surface area contributed by atoms with Gasteiger partial charge in [-0.15, -0.1) is 0 Å². The Morgan fingerprint density at radius 1 is 1.04 bits per heavy atom. The van der Waals surface area contributed by atoms with Crippen LogP contribution in [0.3, 0.4) is 0 Å². The van der Waals surface area contributed by atoms with E-state index in [4.69, 9.17) is 9.84 Å². The highest BCUT2D eigenvalue weighted by atomic mass is 32.2. The lowest BCUT2D eigenvalue weighted by molar-refractivity contribution is 0.0697. The minimum atomic E-state index is -0.921. The standard InChI is InChI=1S/C21H20N2O3S/c1-26-19-9-5-16(6-10-19)14-23(15-18-4-2-3-13-22-18)27-20-11-7-17(8-12-20)21(24)25/h2-13H,14-15H2,1H3,(H,24,25). The molecule has 0 atom stereocenters. The Labute approximate surface area is 162 Å². The second-order valence-electron chi connectivity index (χ2n) is 5.89. The Hall–Kier alpha value is -2.83. The molecule has 0 saturated carbocycles. The topological polar surface area (TPSA) is 62.7 Å². The molecule has 0 amide bonds. The summed E-state index contributed by atoms with van der Waals surface area (Å²) in [5.74, 6) is -0.0953. The number of rotatable bonds is 8. The van der Waals surface area contributed by atoms with Crippen LogP contribution in [0.4, 0.5) is 0 Å². The number of carbonyl (C=O) groups is 1. The van der Waals surface area contributed by atoms with Gasteiger partial charge in [0.25, 0.3) is 0 Å². The molecule has 0 unspecified atom stereocenters. The molecule has 2 aromatic carbocycles. The third-order valence-corrected chi connectivity index (χ3v) is 4.92. The van der Waals surface area contributed by atoms with E-state index in [1.807, 2.05) is 54.6 Å². The van der Waals surface area contributed by atoms with E-state index in [1.54, 1.807) is 37.4 Å². The fourth-order valence-corrected chi connectivity index (χ4v) is 3.50. The largest absolute Gasteiger partial charge is 0.497 e. The van der Waals surface area contributed by atoms with Crippen molar-refractivity contribution in [3.8, 4) is 5.75 Å². The highest BCUT2D eigenvalue weighted by Gasteiger charge is 2.11. The summed E-state index contributed by atoms with van der Waals surface area (Å²) in [6, 6.07) is 20.7. The molecule has 5 nitrogen and oxygen atoms in total. The summed E-state index contributed by atoms with van der Waals surface area (Å²) < 4.78 is 7.41. The van der Waals surface area contributed by atoms with E-state index in [-0.39, 0.29) is 5.56 Å². The highest BCUT2D eigenvalue weighted by Crippen LogP contribution is 2.27. The smallest absolute Gasteiger partial charge is 0.335 e. The quantitative estimate of drug-likeness (QED) is 0.581. The molecular weight excluding hydrogens is 360 g/mol. The third kappa shape index (κ3) is 5.57. The molecule has 0 saturated heterocycles. The van der Waals surface area contributed by atoms with E-state index in [2.05, 4.69) is 9.29 Å². The summed E-state index contributed by atoms with van der Waals surface area (Å²) >= 11 is 1.58. The number of carboxylic acids is 1. The molecule has 0 aliphatic carbocycles. The van der Waals surface area contributed by atoms with Crippen molar-refractivity contribution >= 4 is 17.9 Å². The van der Waals surface area contributed by atoms with E-state index in [0.29, 0.717) is 13.1 Å². The van der Waals surface area contributed by atoms with Crippen molar-refractivity contribution in [2.24, 2.45) is 0 Å². The predicted octanol–water partition coefficient (Wildman–Crippen LogP) is 4.50. The van der Waals surface area contributed by atoms with Crippen molar-refractivity contribution in [3.05, 3.63) is 89.7 Å². The van der Waals surface area contributed by atoms with E-state index in [9.17, 15) is 4.79 Å². The van der Waals surface area contributed by atoms with Gasteiger partial charge in [-0.25, -0.2) is 9.10 Å². The Balaban J connectivity index is 1.76. The van der Waals surface area contributed by atoms with E-state index in [0.717, 1.165) is 21.9 Å². The van der Waals surface area contributed by atoms with Crippen molar-refractivity contribution in [2.45, 2.75) is 18.0 Å². The molecule has 3 aromatic rings. The zero-order valence-electron chi connectivity index (χ0n) is 14.9. The first-order chi connectivity index (χ1) is 13.1. The molecule has 0 spiro atoms. The van der Waals surface area contributed by atoms with Crippen LogP contribution in [-0.2, 0) is 13.1 Å². The van der Waals surface area contributed by atoms with Gasteiger partial charge in [0, 0.05) is 17.6 Å². The van der Waals surface area contributed by atoms with Gasteiger partial charge < -0.3 is 9.84 Å². The second kappa shape index (κ2) is 9.21. The van der Waals surface area contributed by atoms with Gasteiger partial charge in [0.05, 0.1) is 24.9 Å². The average Bonchev–Trinajstić information content (AvgIpc) is 2.70. The third-order valence-electron chi connectivity index (χ3n) is 3.92. The number of aromatic carboxylic acids is 1. The predicted molar refractivity (Wildman–Crippen MR) is 106 cm³/mol.